The molecule has 0 spiro atoms. The number of carbonyl (C=O) groups is 1. The molecule has 0 aliphatic carbocycles. The molecule has 1 rings (SSSR count). The van der Waals surface area contributed by atoms with E-state index in [1.807, 2.05) is 0 Å². The van der Waals surface area contributed by atoms with Crippen LogP contribution in [0.4, 0.5) is 0 Å². The molecule has 7 nitrogen and oxygen atoms in total. The highest BCUT2D eigenvalue weighted by Crippen LogP contribution is 2.31. The van der Waals surface area contributed by atoms with E-state index in [9.17, 15) is 13.2 Å². The van der Waals surface area contributed by atoms with Gasteiger partial charge in [-0.25, -0.2) is 17.9 Å². The predicted octanol–water partition coefficient (Wildman–Crippen LogP) is 0.935. The largest absolute Gasteiger partial charge is 0.494 e. The Labute approximate surface area is 128 Å². The van der Waals surface area contributed by atoms with Crippen LogP contribution in [0.5, 0.6) is 5.75 Å². The summed E-state index contributed by atoms with van der Waals surface area (Å²) in [5.41, 5.74) is -0.305. The molecule has 21 heavy (non-hydrogen) atoms. The molecule has 0 fully saturated rings. The molecule has 0 amide bonds. The van der Waals surface area contributed by atoms with Crippen LogP contribution >= 0.6 is 11.6 Å². The molecule has 0 saturated heterocycles. The zero-order valence-electron chi connectivity index (χ0n) is 11.6. The van der Waals surface area contributed by atoms with Crippen LogP contribution in [0.15, 0.2) is 17.0 Å². The molecule has 118 valence electrons. The first-order valence-electron chi connectivity index (χ1n) is 6.08. The van der Waals surface area contributed by atoms with E-state index in [0.717, 1.165) is 12.1 Å². The van der Waals surface area contributed by atoms with Gasteiger partial charge in [-0.1, -0.05) is 11.6 Å². The highest BCUT2D eigenvalue weighted by Gasteiger charge is 2.25. The van der Waals surface area contributed by atoms with Gasteiger partial charge in [0, 0.05) is 11.6 Å². The van der Waals surface area contributed by atoms with Crippen molar-refractivity contribution in [3.63, 3.8) is 0 Å². The number of sulfonamides is 1. The molecular formula is C12H17ClN2O5S. The molecule has 9 heteroatoms. The van der Waals surface area contributed by atoms with E-state index in [-0.39, 0.29) is 27.8 Å². The summed E-state index contributed by atoms with van der Waals surface area (Å²) in [4.78, 5) is 10.9. The van der Waals surface area contributed by atoms with Crippen molar-refractivity contribution < 1.29 is 23.1 Å². The lowest BCUT2D eigenvalue weighted by Gasteiger charge is -2.13. The van der Waals surface area contributed by atoms with Crippen LogP contribution in [-0.4, -0.2) is 46.7 Å². The van der Waals surface area contributed by atoms with Gasteiger partial charge in [0.25, 0.3) is 0 Å². The SMILES string of the molecule is CNCCCNS(=O)(=O)c1cc(Cl)cc(C(=O)O)c1OC. The van der Waals surface area contributed by atoms with Crippen LogP contribution in [0, 0.1) is 0 Å². The standard InChI is InChI=1S/C12H17ClN2O5S/c1-14-4-3-5-15-21(18,19)10-7-8(13)6-9(12(16)17)11(10)20-2/h6-7,14-15H,3-5H2,1-2H3,(H,16,17). The molecule has 0 saturated carbocycles. The minimum absolute atomic E-state index is 0.00352. The molecule has 1 aromatic rings. The highest BCUT2D eigenvalue weighted by atomic mass is 35.5. The van der Waals surface area contributed by atoms with E-state index in [0.29, 0.717) is 13.0 Å². The van der Waals surface area contributed by atoms with Crippen molar-refractivity contribution >= 4 is 27.6 Å². The average molecular weight is 337 g/mol. The first-order valence-corrected chi connectivity index (χ1v) is 7.94. The Morgan fingerprint density at radius 1 is 1.38 bits per heavy atom. The second-order valence-electron chi connectivity index (χ2n) is 4.14. The number of hydrogen-bond acceptors (Lipinski definition) is 5. The topological polar surface area (TPSA) is 105 Å². The Kier molecular flexibility index (Phi) is 6.41. The van der Waals surface area contributed by atoms with Crippen LogP contribution in [0.1, 0.15) is 16.8 Å². The van der Waals surface area contributed by atoms with E-state index < -0.39 is 16.0 Å². The summed E-state index contributed by atoms with van der Waals surface area (Å²) in [6.45, 7) is 0.858. The number of ether oxygens (including phenoxy) is 1. The van der Waals surface area contributed by atoms with Gasteiger partial charge in [-0.05, 0) is 32.1 Å². The lowest BCUT2D eigenvalue weighted by molar-refractivity contribution is 0.0693. The fraction of sp³-hybridized carbons (Fsp3) is 0.417. The molecule has 0 unspecified atom stereocenters. The number of aromatic carboxylic acids is 1. The lowest BCUT2D eigenvalue weighted by atomic mass is 10.2. The summed E-state index contributed by atoms with van der Waals surface area (Å²) in [7, 11) is -0.951. The number of halogens is 1. The van der Waals surface area contributed by atoms with Crippen molar-refractivity contribution in [1.29, 1.82) is 0 Å². The van der Waals surface area contributed by atoms with Gasteiger partial charge in [-0.2, -0.15) is 0 Å². The van der Waals surface area contributed by atoms with Gasteiger partial charge in [0.15, 0.2) is 5.75 Å². The van der Waals surface area contributed by atoms with Gasteiger partial charge in [0.1, 0.15) is 10.5 Å². The molecule has 1 aromatic carbocycles. The average Bonchev–Trinajstić information content (AvgIpc) is 2.42. The zero-order valence-corrected chi connectivity index (χ0v) is 13.2. The van der Waals surface area contributed by atoms with Crippen LogP contribution in [0.25, 0.3) is 0 Å². The van der Waals surface area contributed by atoms with Gasteiger partial charge >= 0.3 is 5.97 Å². The number of methoxy groups -OCH3 is 1. The van der Waals surface area contributed by atoms with Crippen molar-refractivity contribution in [2.45, 2.75) is 11.3 Å². The van der Waals surface area contributed by atoms with E-state index in [1.54, 1.807) is 7.05 Å². The summed E-state index contributed by atoms with van der Waals surface area (Å²) in [6.07, 6.45) is 0.588. The molecule has 0 atom stereocenters. The number of carboxylic acid groups (broad SMARTS) is 1. The quantitative estimate of drug-likeness (QED) is 0.610. The van der Waals surface area contributed by atoms with Crippen molar-refractivity contribution in [3.8, 4) is 5.75 Å². The maximum Gasteiger partial charge on any atom is 0.339 e. The summed E-state index contributed by atoms with van der Waals surface area (Å²) in [5, 5.41) is 12.0. The van der Waals surface area contributed by atoms with Crippen LogP contribution < -0.4 is 14.8 Å². The van der Waals surface area contributed by atoms with Crippen molar-refractivity contribution in [3.05, 3.63) is 22.7 Å². The van der Waals surface area contributed by atoms with Gasteiger partial charge in [0.05, 0.1) is 7.11 Å². The summed E-state index contributed by atoms with van der Waals surface area (Å²) >= 11 is 5.79. The van der Waals surface area contributed by atoms with Crippen LogP contribution in [-0.2, 0) is 10.0 Å². The van der Waals surface area contributed by atoms with Crippen molar-refractivity contribution in [2.75, 3.05) is 27.2 Å². The summed E-state index contributed by atoms with van der Waals surface area (Å²) in [5.74, 6) is -1.56. The van der Waals surface area contributed by atoms with E-state index in [4.69, 9.17) is 21.4 Å². The second kappa shape index (κ2) is 7.60. The normalized spacial score (nSPS) is 11.4. The van der Waals surface area contributed by atoms with Gasteiger partial charge in [-0.15, -0.1) is 0 Å². The highest BCUT2D eigenvalue weighted by molar-refractivity contribution is 7.89. The summed E-state index contributed by atoms with van der Waals surface area (Å²) in [6, 6.07) is 2.30. The van der Waals surface area contributed by atoms with E-state index >= 15 is 0 Å². The summed E-state index contributed by atoms with van der Waals surface area (Å²) < 4.78 is 31.8. The van der Waals surface area contributed by atoms with E-state index in [1.165, 1.54) is 7.11 Å². The number of rotatable bonds is 8. The number of carboxylic acids is 1. The Morgan fingerprint density at radius 3 is 2.57 bits per heavy atom. The van der Waals surface area contributed by atoms with Crippen LogP contribution in [0.3, 0.4) is 0 Å². The minimum Gasteiger partial charge on any atom is -0.494 e. The van der Waals surface area contributed by atoms with Gasteiger partial charge in [-0.3, -0.25) is 0 Å². The molecule has 0 aromatic heterocycles. The Hall–Kier alpha value is -1.35. The maximum absolute atomic E-state index is 12.2. The third-order valence-electron chi connectivity index (χ3n) is 2.64. The molecule has 0 radical (unpaired) electrons. The number of benzene rings is 1. The molecule has 0 heterocycles. The Bertz CT molecular complexity index is 618. The molecule has 0 bridgehead atoms. The van der Waals surface area contributed by atoms with Gasteiger partial charge in [0.2, 0.25) is 10.0 Å². The molecule has 0 aliphatic rings. The third-order valence-corrected chi connectivity index (χ3v) is 4.32. The molecule has 0 aliphatic heterocycles. The maximum atomic E-state index is 12.2. The first kappa shape index (κ1) is 17.7. The first-order chi connectivity index (χ1) is 9.83. The number of nitrogens with one attached hydrogen (secondary N) is 2. The second-order valence-corrected chi connectivity index (χ2v) is 6.32. The predicted molar refractivity (Wildman–Crippen MR) is 78.7 cm³/mol. The van der Waals surface area contributed by atoms with Gasteiger partial charge < -0.3 is 15.2 Å². The van der Waals surface area contributed by atoms with Crippen molar-refractivity contribution in [1.82, 2.24) is 10.0 Å². The lowest BCUT2D eigenvalue weighted by Crippen LogP contribution is -2.27. The zero-order chi connectivity index (χ0) is 16.0. The molecule has 3 N–H and O–H groups in total. The molecular weight excluding hydrogens is 320 g/mol. The fourth-order valence-electron chi connectivity index (χ4n) is 1.69. The third kappa shape index (κ3) is 4.57. The van der Waals surface area contributed by atoms with E-state index in [2.05, 4.69) is 10.0 Å². The van der Waals surface area contributed by atoms with Crippen LogP contribution in [0.2, 0.25) is 5.02 Å². The fourth-order valence-corrected chi connectivity index (χ4v) is 3.26. The Balaban J connectivity index is 3.19. The smallest absolute Gasteiger partial charge is 0.339 e. The Morgan fingerprint density at radius 2 is 2.05 bits per heavy atom. The van der Waals surface area contributed by atoms with Crippen molar-refractivity contribution in [2.24, 2.45) is 0 Å². The monoisotopic (exact) mass is 336 g/mol. The minimum atomic E-state index is -3.91. The number of hydrogen-bond donors (Lipinski definition) is 3.